The van der Waals surface area contributed by atoms with E-state index in [-0.39, 0.29) is 5.78 Å². The van der Waals surface area contributed by atoms with Gasteiger partial charge in [-0.1, -0.05) is 24.6 Å². The number of pyridine rings is 1. The molecule has 0 saturated heterocycles. The third-order valence-electron chi connectivity index (χ3n) is 3.40. The Morgan fingerprint density at radius 1 is 1.12 bits per heavy atom. The van der Waals surface area contributed by atoms with Crippen molar-refractivity contribution in [3.05, 3.63) is 65.6 Å². The molecule has 120 valence electrons. The number of nitrogens with one attached hydrogen (secondary N) is 1. The van der Waals surface area contributed by atoms with Crippen molar-refractivity contribution in [1.29, 1.82) is 0 Å². The molecule has 0 saturated carbocycles. The zero-order valence-corrected chi connectivity index (χ0v) is 13.8. The summed E-state index contributed by atoms with van der Waals surface area (Å²) in [5, 5.41) is 3.75. The average Bonchev–Trinajstić information content (AvgIpc) is 2.61. The van der Waals surface area contributed by atoms with Crippen LogP contribution in [0.25, 0.3) is 11.3 Å². The Kier molecular flexibility index (Phi) is 4.82. The Balaban J connectivity index is 1.89. The van der Waals surface area contributed by atoms with E-state index in [1.165, 1.54) is 0 Å². The number of ketones is 1. The number of Topliss-reactive ketones (excluding diaryl/α,β-unsaturated/α-hetero) is 1. The number of hydrogen-bond acceptors (Lipinski definition) is 5. The fraction of sp³-hybridized carbons (Fsp3) is 0.111. The van der Waals surface area contributed by atoms with Crippen molar-refractivity contribution < 1.29 is 4.79 Å². The Hall–Kier alpha value is -2.79. The van der Waals surface area contributed by atoms with E-state index >= 15 is 0 Å². The third kappa shape index (κ3) is 3.75. The highest BCUT2D eigenvalue weighted by Crippen LogP contribution is 2.21. The predicted octanol–water partition coefficient (Wildman–Crippen LogP) is 4.53. The van der Waals surface area contributed by atoms with Crippen molar-refractivity contribution in [3.63, 3.8) is 0 Å². The van der Waals surface area contributed by atoms with Crippen LogP contribution in [0, 0.1) is 0 Å². The van der Waals surface area contributed by atoms with Gasteiger partial charge in [-0.3, -0.25) is 9.78 Å². The second kappa shape index (κ2) is 7.19. The summed E-state index contributed by atoms with van der Waals surface area (Å²) in [4.78, 5) is 24.6. The summed E-state index contributed by atoms with van der Waals surface area (Å²) in [5.41, 5.74) is 2.77. The summed E-state index contributed by atoms with van der Waals surface area (Å²) < 4.78 is 0. The Bertz CT molecular complexity index is 882. The molecule has 0 amide bonds. The van der Waals surface area contributed by atoms with Crippen LogP contribution >= 0.6 is 11.6 Å². The van der Waals surface area contributed by atoms with Crippen LogP contribution in [0.4, 0.5) is 11.6 Å². The van der Waals surface area contributed by atoms with E-state index in [2.05, 4.69) is 20.3 Å². The zero-order valence-electron chi connectivity index (χ0n) is 13.0. The molecule has 1 N–H and O–H groups in total. The lowest BCUT2D eigenvalue weighted by Gasteiger charge is -2.07. The van der Waals surface area contributed by atoms with E-state index in [0.717, 1.165) is 11.3 Å². The van der Waals surface area contributed by atoms with Crippen molar-refractivity contribution in [2.45, 2.75) is 13.3 Å². The quantitative estimate of drug-likeness (QED) is 0.692. The van der Waals surface area contributed by atoms with Gasteiger partial charge >= 0.3 is 0 Å². The molecule has 0 atom stereocenters. The smallest absolute Gasteiger partial charge is 0.227 e. The first-order valence-corrected chi connectivity index (χ1v) is 7.89. The van der Waals surface area contributed by atoms with Gasteiger partial charge in [0.1, 0.15) is 5.69 Å². The molecule has 0 fully saturated rings. The molecule has 0 bridgehead atoms. The maximum absolute atomic E-state index is 11.8. The van der Waals surface area contributed by atoms with Gasteiger partial charge in [0.05, 0.1) is 5.69 Å². The minimum Gasteiger partial charge on any atom is -0.324 e. The average molecular weight is 339 g/mol. The first kappa shape index (κ1) is 16.1. The summed E-state index contributed by atoms with van der Waals surface area (Å²) in [6, 6.07) is 12.7. The van der Waals surface area contributed by atoms with Gasteiger partial charge in [-0.2, -0.15) is 0 Å². The van der Waals surface area contributed by atoms with Crippen LogP contribution in [-0.4, -0.2) is 20.7 Å². The molecule has 0 aliphatic rings. The highest BCUT2D eigenvalue weighted by molar-refractivity contribution is 6.30. The van der Waals surface area contributed by atoms with E-state index in [4.69, 9.17) is 11.6 Å². The first-order chi connectivity index (χ1) is 11.7. The molecule has 0 aliphatic carbocycles. The lowest BCUT2D eigenvalue weighted by atomic mass is 10.1. The van der Waals surface area contributed by atoms with Crippen LogP contribution in [0.2, 0.25) is 5.02 Å². The van der Waals surface area contributed by atoms with Crippen molar-refractivity contribution in [1.82, 2.24) is 15.0 Å². The molecule has 5 nitrogen and oxygen atoms in total. The second-order valence-corrected chi connectivity index (χ2v) is 5.54. The van der Waals surface area contributed by atoms with Crippen LogP contribution in [0.3, 0.4) is 0 Å². The first-order valence-electron chi connectivity index (χ1n) is 7.51. The Labute approximate surface area is 144 Å². The maximum atomic E-state index is 11.8. The number of carbonyl (C=O) groups excluding carboxylic acids is 1. The number of anilines is 2. The van der Waals surface area contributed by atoms with E-state index < -0.39 is 0 Å². The highest BCUT2D eigenvalue weighted by Gasteiger charge is 2.08. The normalized spacial score (nSPS) is 10.4. The fourth-order valence-corrected chi connectivity index (χ4v) is 2.39. The van der Waals surface area contributed by atoms with Crippen LogP contribution in [0.15, 0.2) is 54.9 Å². The lowest BCUT2D eigenvalue weighted by Crippen LogP contribution is -2.01. The van der Waals surface area contributed by atoms with E-state index in [0.29, 0.717) is 28.8 Å². The number of carbonyl (C=O) groups is 1. The standard InChI is InChI=1S/C18H15ClN4O/c1-2-17(24)16-10-12(6-8-20-16)15-7-9-21-18(23-15)22-14-5-3-4-13(19)11-14/h3-11H,2H2,1H3,(H,21,22,23). The number of rotatable bonds is 5. The maximum Gasteiger partial charge on any atom is 0.227 e. The SMILES string of the molecule is CCC(=O)c1cc(-c2ccnc(Nc3cccc(Cl)c3)n2)ccn1. The van der Waals surface area contributed by atoms with Crippen molar-refractivity contribution in [2.75, 3.05) is 5.32 Å². The van der Waals surface area contributed by atoms with Gasteiger partial charge in [0.25, 0.3) is 0 Å². The van der Waals surface area contributed by atoms with Gasteiger partial charge in [0, 0.05) is 35.1 Å². The summed E-state index contributed by atoms with van der Waals surface area (Å²) in [7, 11) is 0. The molecule has 2 heterocycles. The number of nitrogens with zero attached hydrogens (tertiary/aromatic N) is 3. The molecule has 6 heteroatoms. The third-order valence-corrected chi connectivity index (χ3v) is 3.63. The number of benzene rings is 1. The second-order valence-electron chi connectivity index (χ2n) is 5.11. The van der Waals surface area contributed by atoms with Crippen molar-refractivity contribution in [2.24, 2.45) is 0 Å². The molecule has 3 rings (SSSR count). The van der Waals surface area contributed by atoms with E-state index in [1.54, 1.807) is 36.7 Å². The highest BCUT2D eigenvalue weighted by atomic mass is 35.5. The monoisotopic (exact) mass is 338 g/mol. The number of aromatic nitrogens is 3. The number of halogens is 1. The van der Waals surface area contributed by atoms with Crippen LogP contribution in [-0.2, 0) is 0 Å². The van der Waals surface area contributed by atoms with Gasteiger partial charge in [-0.25, -0.2) is 9.97 Å². The molecular weight excluding hydrogens is 324 g/mol. The van der Waals surface area contributed by atoms with Gasteiger partial charge in [-0.05, 0) is 36.4 Å². The van der Waals surface area contributed by atoms with Gasteiger partial charge < -0.3 is 5.32 Å². The molecular formula is C18H15ClN4O. The van der Waals surface area contributed by atoms with Crippen molar-refractivity contribution in [3.8, 4) is 11.3 Å². The van der Waals surface area contributed by atoms with Crippen molar-refractivity contribution >= 4 is 29.0 Å². The molecule has 0 aliphatic heterocycles. The topological polar surface area (TPSA) is 67.8 Å². The predicted molar refractivity (Wildman–Crippen MR) is 94.6 cm³/mol. The summed E-state index contributed by atoms with van der Waals surface area (Å²) >= 11 is 5.98. The fourth-order valence-electron chi connectivity index (χ4n) is 2.20. The minimum absolute atomic E-state index is 0.00295. The summed E-state index contributed by atoms with van der Waals surface area (Å²) in [6.45, 7) is 1.81. The zero-order chi connectivity index (χ0) is 16.9. The van der Waals surface area contributed by atoms with Gasteiger partial charge in [0.15, 0.2) is 5.78 Å². The number of hydrogen-bond donors (Lipinski definition) is 1. The molecule has 24 heavy (non-hydrogen) atoms. The Morgan fingerprint density at radius 2 is 1.96 bits per heavy atom. The van der Waals surface area contributed by atoms with Gasteiger partial charge in [-0.15, -0.1) is 0 Å². The Morgan fingerprint density at radius 3 is 2.75 bits per heavy atom. The lowest BCUT2D eigenvalue weighted by molar-refractivity contribution is 0.0983. The minimum atomic E-state index is 0.00295. The van der Waals surface area contributed by atoms with E-state index in [9.17, 15) is 4.79 Å². The van der Waals surface area contributed by atoms with Gasteiger partial charge in [0.2, 0.25) is 5.95 Å². The molecule has 0 unspecified atom stereocenters. The van der Waals surface area contributed by atoms with Crippen LogP contribution in [0.1, 0.15) is 23.8 Å². The molecule has 3 aromatic rings. The summed E-state index contributed by atoms with van der Waals surface area (Å²) in [5.74, 6) is 0.457. The molecule has 1 aromatic carbocycles. The molecule has 0 spiro atoms. The van der Waals surface area contributed by atoms with E-state index in [1.807, 2.05) is 25.1 Å². The van der Waals surface area contributed by atoms with Crippen LogP contribution in [0.5, 0.6) is 0 Å². The molecule has 0 radical (unpaired) electrons. The summed E-state index contributed by atoms with van der Waals surface area (Å²) in [6.07, 6.45) is 3.70. The van der Waals surface area contributed by atoms with Crippen LogP contribution < -0.4 is 5.32 Å². The largest absolute Gasteiger partial charge is 0.324 e. The molecule has 2 aromatic heterocycles.